The Bertz CT molecular complexity index is 570. The van der Waals surface area contributed by atoms with Crippen LogP contribution in [-0.2, 0) is 12.1 Å². The fraction of sp³-hybridized carbons (Fsp3) is 0.200. The Morgan fingerprint density at radius 1 is 1.28 bits per heavy atom. The van der Waals surface area contributed by atoms with Crippen LogP contribution in [0.1, 0.15) is 11.5 Å². The van der Waals surface area contributed by atoms with Crippen LogP contribution in [0.2, 0.25) is 0 Å². The SMILES string of the molecule is FC(F)(F)c1cc(-c2nnc(CCl)o2)ccc1Br. The fourth-order valence-electron chi connectivity index (χ4n) is 1.30. The van der Waals surface area contributed by atoms with Crippen molar-refractivity contribution in [2.45, 2.75) is 12.1 Å². The van der Waals surface area contributed by atoms with Crippen molar-refractivity contribution in [1.82, 2.24) is 10.2 Å². The molecule has 0 N–H and O–H groups in total. The van der Waals surface area contributed by atoms with E-state index in [1.165, 1.54) is 12.1 Å². The van der Waals surface area contributed by atoms with Crippen molar-refractivity contribution >= 4 is 27.5 Å². The number of halogens is 5. The van der Waals surface area contributed by atoms with Crippen LogP contribution in [0.5, 0.6) is 0 Å². The average Bonchev–Trinajstić information content (AvgIpc) is 2.76. The Morgan fingerprint density at radius 3 is 2.56 bits per heavy atom. The normalized spacial score (nSPS) is 11.8. The molecule has 0 atom stereocenters. The highest BCUT2D eigenvalue weighted by atomic mass is 79.9. The molecule has 0 saturated carbocycles. The van der Waals surface area contributed by atoms with Crippen molar-refractivity contribution in [3.8, 4) is 11.5 Å². The zero-order valence-electron chi connectivity index (χ0n) is 8.63. The summed E-state index contributed by atoms with van der Waals surface area (Å²) in [5.74, 6) is 0.169. The summed E-state index contributed by atoms with van der Waals surface area (Å²) in [6.07, 6.45) is -4.45. The molecule has 0 aliphatic carbocycles. The third-order valence-corrected chi connectivity index (χ3v) is 3.02. The Hall–Kier alpha value is -1.08. The van der Waals surface area contributed by atoms with E-state index in [1.807, 2.05) is 0 Å². The fourth-order valence-corrected chi connectivity index (χ4v) is 1.88. The first-order valence-corrected chi connectivity index (χ1v) is 6.00. The second-order valence-corrected chi connectivity index (χ2v) is 4.45. The maximum absolute atomic E-state index is 12.7. The van der Waals surface area contributed by atoms with Gasteiger partial charge in [0.25, 0.3) is 0 Å². The molecule has 0 radical (unpaired) electrons. The maximum Gasteiger partial charge on any atom is 0.417 e. The van der Waals surface area contributed by atoms with Gasteiger partial charge in [-0.1, -0.05) is 15.9 Å². The first-order valence-electron chi connectivity index (χ1n) is 4.67. The summed E-state index contributed by atoms with van der Waals surface area (Å²) in [6.45, 7) is 0. The molecule has 2 aromatic rings. The van der Waals surface area contributed by atoms with Crippen molar-refractivity contribution in [2.24, 2.45) is 0 Å². The number of nitrogens with zero attached hydrogens (tertiary/aromatic N) is 2. The van der Waals surface area contributed by atoms with Gasteiger partial charge in [0.05, 0.1) is 5.56 Å². The second kappa shape index (κ2) is 4.89. The highest BCUT2D eigenvalue weighted by molar-refractivity contribution is 9.10. The molecular formula is C10H5BrClF3N2O. The first-order chi connectivity index (χ1) is 8.41. The van der Waals surface area contributed by atoms with Crippen LogP contribution in [0.4, 0.5) is 13.2 Å². The molecule has 3 nitrogen and oxygen atoms in total. The van der Waals surface area contributed by atoms with Gasteiger partial charge in [-0.2, -0.15) is 13.2 Å². The number of alkyl halides is 4. The number of hydrogen-bond donors (Lipinski definition) is 0. The van der Waals surface area contributed by atoms with E-state index in [1.54, 1.807) is 0 Å². The van der Waals surface area contributed by atoms with Gasteiger partial charge in [-0.15, -0.1) is 21.8 Å². The van der Waals surface area contributed by atoms with Gasteiger partial charge in [-0.05, 0) is 18.2 Å². The van der Waals surface area contributed by atoms with Gasteiger partial charge >= 0.3 is 6.18 Å². The number of hydrogen-bond acceptors (Lipinski definition) is 3. The van der Waals surface area contributed by atoms with Gasteiger partial charge in [-0.3, -0.25) is 0 Å². The zero-order chi connectivity index (χ0) is 13.3. The molecule has 0 saturated heterocycles. The summed E-state index contributed by atoms with van der Waals surface area (Å²) < 4.78 is 43.1. The van der Waals surface area contributed by atoms with Crippen molar-refractivity contribution in [1.29, 1.82) is 0 Å². The number of aromatic nitrogens is 2. The van der Waals surface area contributed by atoms with Gasteiger partial charge in [0.1, 0.15) is 5.88 Å². The lowest BCUT2D eigenvalue weighted by Crippen LogP contribution is -2.06. The average molecular weight is 342 g/mol. The quantitative estimate of drug-likeness (QED) is 0.766. The predicted molar refractivity (Wildman–Crippen MR) is 62.0 cm³/mol. The number of benzene rings is 1. The van der Waals surface area contributed by atoms with E-state index in [9.17, 15) is 13.2 Å². The molecule has 1 heterocycles. The van der Waals surface area contributed by atoms with E-state index in [0.717, 1.165) is 6.07 Å². The standard InChI is InChI=1S/C10H5BrClF3N2O/c11-7-2-1-5(3-6(7)10(13,14)15)9-17-16-8(4-12)18-9/h1-3H,4H2. The van der Waals surface area contributed by atoms with E-state index in [4.69, 9.17) is 16.0 Å². The molecule has 18 heavy (non-hydrogen) atoms. The topological polar surface area (TPSA) is 38.9 Å². The van der Waals surface area contributed by atoms with Crippen LogP contribution >= 0.6 is 27.5 Å². The third-order valence-electron chi connectivity index (χ3n) is 2.10. The van der Waals surface area contributed by atoms with Crippen LogP contribution in [0.3, 0.4) is 0 Å². The maximum atomic E-state index is 12.7. The monoisotopic (exact) mass is 340 g/mol. The summed E-state index contributed by atoms with van der Waals surface area (Å²) in [5, 5.41) is 7.21. The van der Waals surface area contributed by atoms with Gasteiger partial charge in [-0.25, -0.2) is 0 Å². The molecule has 0 spiro atoms. The molecule has 0 unspecified atom stereocenters. The molecule has 0 aliphatic heterocycles. The van der Waals surface area contributed by atoms with E-state index >= 15 is 0 Å². The van der Waals surface area contributed by atoms with Crippen LogP contribution in [0, 0.1) is 0 Å². The van der Waals surface area contributed by atoms with E-state index < -0.39 is 11.7 Å². The van der Waals surface area contributed by atoms with Crippen molar-refractivity contribution in [2.75, 3.05) is 0 Å². The van der Waals surface area contributed by atoms with Gasteiger partial charge < -0.3 is 4.42 Å². The zero-order valence-corrected chi connectivity index (χ0v) is 11.0. The van der Waals surface area contributed by atoms with Crippen LogP contribution in [0.25, 0.3) is 11.5 Å². The molecule has 1 aromatic carbocycles. The predicted octanol–water partition coefficient (Wildman–Crippen LogP) is 4.26. The van der Waals surface area contributed by atoms with Crippen molar-refractivity contribution < 1.29 is 17.6 Å². The van der Waals surface area contributed by atoms with E-state index in [0.29, 0.717) is 0 Å². The molecule has 1 aromatic heterocycles. The second-order valence-electron chi connectivity index (χ2n) is 3.33. The molecule has 0 aliphatic rings. The van der Waals surface area contributed by atoms with Crippen molar-refractivity contribution in [3.05, 3.63) is 34.1 Å². The number of rotatable bonds is 2. The summed E-state index contributed by atoms with van der Waals surface area (Å²) in [7, 11) is 0. The van der Waals surface area contributed by atoms with E-state index in [2.05, 4.69) is 26.1 Å². The lowest BCUT2D eigenvalue weighted by atomic mass is 10.1. The van der Waals surface area contributed by atoms with Crippen LogP contribution < -0.4 is 0 Å². The molecule has 0 amide bonds. The summed E-state index contributed by atoms with van der Waals surface area (Å²) in [4.78, 5) is 0. The highest BCUT2D eigenvalue weighted by Crippen LogP contribution is 2.37. The lowest BCUT2D eigenvalue weighted by Gasteiger charge is -2.09. The Morgan fingerprint density at radius 2 is 2.00 bits per heavy atom. The summed E-state index contributed by atoms with van der Waals surface area (Å²) >= 11 is 8.32. The highest BCUT2D eigenvalue weighted by Gasteiger charge is 2.33. The third kappa shape index (κ3) is 2.67. The first kappa shape index (κ1) is 13.4. The molecule has 2 rings (SSSR count). The van der Waals surface area contributed by atoms with Crippen LogP contribution in [0.15, 0.2) is 27.1 Å². The molecule has 0 fully saturated rings. The van der Waals surface area contributed by atoms with Gasteiger partial charge in [0.2, 0.25) is 11.8 Å². The van der Waals surface area contributed by atoms with Gasteiger partial charge in [0.15, 0.2) is 0 Å². The minimum absolute atomic E-state index is 0.00338. The Labute approximate surface area is 113 Å². The van der Waals surface area contributed by atoms with E-state index in [-0.39, 0.29) is 27.7 Å². The Balaban J connectivity index is 2.47. The summed E-state index contributed by atoms with van der Waals surface area (Å²) in [5.41, 5.74) is -0.611. The Kier molecular flexibility index (Phi) is 3.63. The summed E-state index contributed by atoms with van der Waals surface area (Å²) in [6, 6.07) is 3.67. The van der Waals surface area contributed by atoms with Crippen LogP contribution in [-0.4, -0.2) is 10.2 Å². The largest absolute Gasteiger partial charge is 0.419 e. The molecule has 96 valence electrons. The van der Waals surface area contributed by atoms with Gasteiger partial charge in [0, 0.05) is 10.0 Å². The molecule has 8 heteroatoms. The minimum Gasteiger partial charge on any atom is -0.419 e. The van der Waals surface area contributed by atoms with Crippen molar-refractivity contribution in [3.63, 3.8) is 0 Å². The molecular weight excluding hydrogens is 336 g/mol. The lowest BCUT2D eigenvalue weighted by molar-refractivity contribution is -0.138. The minimum atomic E-state index is -4.45. The smallest absolute Gasteiger partial charge is 0.417 e. The molecule has 0 bridgehead atoms.